The van der Waals surface area contributed by atoms with E-state index in [1.807, 2.05) is 6.07 Å². The fourth-order valence-corrected chi connectivity index (χ4v) is 5.24. The predicted octanol–water partition coefficient (Wildman–Crippen LogP) is 2.47. The van der Waals surface area contributed by atoms with Gasteiger partial charge in [0.1, 0.15) is 23.8 Å². The van der Waals surface area contributed by atoms with Crippen molar-refractivity contribution in [3.63, 3.8) is 0 Å². The minimum atomic E-state index is -5.25. The number of carbonyl (C=O) groups is 4. The fraction of sp³-hybridized carbons (Fsp3) is 0.577. The Bertz CT molecular complexity index is 1250. The van der Waals surface area contributed by atoms with E-state index in [-0.39, 0.29) is 25.8 Å². The van der Waals surface area contributed by atoms with E-state index >= 15 is 0 Å². The van der Waals surface area contributed by atoms with E-state index < -0.39 is 70.9 Å². The Morgan fingerprint density at radius 1 is 1.18 bits per heavy atom. The summed E-state index contributed by atoms with van der Waals surface area (Å²) in [5, 5.41) is 16.6. The summed E-state index contributed by atoms with van der Waals surface area (Å²) in [7, 11) is 0. The number of nitrogens with one attached hydrogen (secondary N) is 3. The molecule has 3 aliphatic rings. The predicted molar refractivity (Wildman–Crippen MR) is 130 cm³/mol. The van der Waals surface area contributed by atoms with Gasteiger partial charge in [-0.15, -0.1) is 0 Å². The molecule has 210 valence electrons. The maximum Gasteiger partial charge on any atom is 0.471 e. The first-order valence-electron chi connectivity index (χ1n) is 12.5. The summed E-state index contributed by atoms with van der Waals surface area (Å²) in [5.41, 5.74) is -3.03. The van der Waals surface area contributed by atoms with Crippen molar-refractivity contribution in [1.82, 2.24) is 15.5 Å². The van der Waals surface area contributed by atoms with Gasteiger partial charge < -0.3 is 20.9 Å². The lowest BCUT2D eigenvalue weighted by Crippen LogP contribution is -2.60. The second-order valence-electron chi connectivity index (χ2n) is 11.6. The van der Waals surface area contributed by atoms with Gasteiger partial charge in [-0.2, -0.15) is 18.4 Å². The minimum Gasteiger partial charge on any atom is -0.342 e. The van der Waals surface area contributed by atoms with Gasteiger partial charge in [0.15, 0.2) is 0 Å². The molecule has 1 aromatic carbocycles. The number of alkyl halides is 4. The van der Waals surface area contributed by atoms with E-state index in [4.69, 9.17) is 0 Å². The average Bonchev–Trinajstić information content (AvgIpc) is 3.33. The number of likely N-dealkylation sites (tertiary alicyclic amines) is 1. The van der Waals surface area contributed by atoms with Gasteiger partial charge in [0.2, 0.25) is 17.7 Å². The Morgan fingerprint density at radius 3 is 2.38 bits per heavy atom. The number of benzene rings is 1. The normalized spacial score (nSPS) is 24.8. The van der Waals surface area contributed by atoms with Crippen LogP contribution in [0.5, 0.6) is 0 Å². The smallest absolute Gasteiger partial charge is 0.342 e. The first-order chi connectivity index (χ1) is 18.0. The van der Waals surface area contributed by atoms with E-state index in [1.54, 1.807) is 29.6 Å². The SMILES string of the molecule is CC(C)(C)[C@H](NC(=O)C(F)(F)F)C(=O)N[C@H](CC1(F)CC1)C(=O)N1C[C@]2(C[C@H]1C#N)C(=O)Nc1ccccc12. The van der Waals surface area contributed by atoms with Crippen LogP contribution in [-0.4, -0.2) is 65.0 Å². The van der Waals surface area contributed by atoms with Gasteiger partial charge in [-0.3, -0.25) is 19.2 Å². The van der Waals surface area contributed by atoms with Crippen LogP contribution in [-0.2, 0) is 24.6 Å². The number of hydrogen-bond acceptors (Lipinski definition) is 5. The third-order valence-corrected chi connectivity index (χ3v) is 7.55. The van der Waals surface area contributed by atoms with Gasteiger partial charge in [0, 0.05) is 25.1 Å². The molecule has 39 heavy (non-hydrogen) atoms. The first kappa shape index (κ1) is 28.3. The van der Waals surface area contributed by atoms with E-state index in [0.29, 0.717) is 11.3 Å². The Balaban J connectivity index is 1.61. The monoisotopic (exact) mass is 551 g/mol. The summed E-state index contributed by atoms with van der Waals surface area (Å²) in [5.74, 6) is -4.66. The van der Waals surface area contributed by atoms with Crippen LogP contribution < -0.4 is 16.0 Å². The number of para-hydroxylation sites is 1. The molecule has 1 aromatic rings. The van der Waals surface area contributed by atoms with Gasteiger partial charge in [-0.05, 0) is 29.9 Å². The highest BCUT2D eigenvalue weighted by atomic mass is 19.4. The van der Waals surface area contributed by atoms with Crippen molar-refractivity contribution < 1.29 is 36.7 Å². The fourth-order valence-electron chi connectivity index (χ4n) is 5.24. The lowest BCUT2D eigenvalue weighted by molar-refractivity contribution is -0.175. The highest BCUT2D eigenvalue weighted by Gasteiger charge is 2.57. The molecule has 4 atom stereocenters. The van der Waals surface area contributed by atoms with Crippen molar-refractivity contribution in [1.29, 1.82) is 5.26 Å². The number of carbonyl (C=O) groups excluding carboxylic acids is 4. The average molecular weight is 552 g/mol. The van der Waals surface area contributed by atoms with Crippen LogP contribution in [0.1, 0.15) is 52.0 Å². The molecule has 0 unspecified atom stereocenters. The molecule has 3 N–H and O–H groups in total. The number of rotatable bonds is 6. The summed E-state index contributed by atoms with van der Waals surface area (Å²) < 4.78 is 53.7. The summed E-state index contributed by atoms with van der Waals surface area (Å²) >= 11 is 0. The number of halogens is 4. The zero-order valence-electron chi connectivity index (χ0n) is 21.6. The number of fused-ring (bicyclic) bond motifs is 2. The quantitative estimate of drug-likeness (QED) is 0.468. The Labute approximate surface area is 222 Å². The standard InChI is InChI=1S/C26H29F4N5O4/c1-23(2,3)18(34-22(39)26(28,29)30)19(36)32-17(11-24(27)8-9-24)20(37)35-13-25(10-14(35)12-31)15-6-4-5-7-16(15)33-21(25)38/h4-7,14,17-18H,8-11,13H2,1-3H3,(H,32,36)(H,33,38)(H,34,39)/t14-,17+,18+,25-/m0/s1. The van der Waals surface area contributed by atoms with Crippen molar-refractivity contribution in [3.05, 3.63) is 29.8 Å². The number of nitriles is 1. The van der Waals surface area contributed by atoms with Crippen LogP contribution in [0.15, 0.2) is 24.3 Å². The van der Waals surface area contributed by atoms with Crippen molar-refractivity contribution in [3.8, 4) is 6.07 Å². The van der Waals surface area contributed by atoms with Gasteiger partial charge in [-0.25, -0.2) is 4.39 Å². The molecule has 2 fully saturated rings. The first-order valence-corrected chi connectivity index (χ1v) is 12.5. The van der Waals surface area contributed by atoms with Crippen molar-refractivity contribution >= 4 is 29.3 Å². The number of anilines is 1. The van der Waals surface area contributed by atoms with Gasteiger partial charge in [-0.1, -0.05) is 39.0 Å². The van der Waals surface area contributed by atoms with E-state index in [0.717, 1.165) is 4.90 Å². The molecule has 0 bridgehead atoms. The largest absolute Gasteiger partial charge is 0.471 e. The zero-order valence-corrected chi connectivity index (χ0v) is 21.6. The topological polar surface area (TPSA) is 131 Å². The van der Waals surface area contributed by atoms with Crippen LogP contribution in [0, 0.1) is 16.7 Å². The second kappa shape index (κ2) is 9.50. The molecule has 2 aliphatic heterocycles. The summed E-state index contributed by atoms with van der Waals surface area (Å²) in [6.45, 7) is 4.07. The van der Waals surface area contributed by atoms with E-state index in [2.05, 4.69) is 10.6 Å². The van der Waals surface area contributed by atoms with Crippen LogP contribution in [0.25, 0.3) is 0 Å². The summed E-state index contributed by atoms with van der Waals surface area (Å²) in [6.07, 6.45) is -5.49. The molecule has 13 heteroatoms. The number of amides is 4. The van der Waals surface area contributed by atoms with Crippen LogP contribution in [0.4, 0.5) is 23.2 Å². The highest BCUT2D eigenvalue weighted by molar-refractivity contribution is 6.07. The lowest BCUT2D eigenvalue weighted by atomic mass is 9.80. The molecule has 0 radical (unpaired) electrons. The number of hydrogen-bond donors (Lipinski definition) is 3. The maximum absolute atomic E-state index is 14.9. The molecular weight excluding hydrogens is 522 g/mol. The molecule has 4 rings (SSSR count). The molecule has 1 saturated carbocycles. The van der Waals surface area contributed by atoms with E-state index in [9.17, 15) is 42.0 Å². The van der Waals surface area contributed by atoms with Crippen molar-refractivity contribution in [2.45, 2.75) is 81.8 Å². The molecule has 4 amide bonds. The van der Waals surface area contributed by atoms with Gasteiger partial charge in [0.05, 0.1) is 11.5 Å². The molecule has 0 aromatic heterocycles. The van der Waals surface area contributed by atoms with Crippen molar-refractivity contribution in [2.75, 3.05) is 11.9 Å². The third kappa shape index (κ3) is 5.42. The molecule has 2 heterocycles. The lowest BCUT2D eigenvalue weighted by Gasteiger charge is -2.33. The highest BCUT2D eigenvalue weighted by Crippen LogP contribution is 2.47. The van der Waals surface area contributed by atoms with Crippen molar-refractivity contribution in [2.24, 2.45) is 5.41 Å². The maximum atomic E-state index is 14.9. The summed E-state index contributed by atoms with van der Waals surface area (Å²) in [6, 6.07) is 4.54. The Hall–Kier alpha value is -3.69. The summed E-state index contributed by atoms with van der Waals surface area (Å²) in [4.78, 5) is 52.7. The van der Waals surface area contributed by atoms with Crippen LogP contribution in [0.2, 0.25) is 0 Å². The molecular formula is C26H29F4N5O4. The molecule has 1 saturated heterocycles. The van der Waals surface area contributed by atoms with Crippen LogP contribution >= 0.6 is 0 Å². The molecule has 1 spiro atoms. The second-order valence-corrected chi connectivity index (χ2v) is 11.6. The van der Waals surface area contributed by atoms with Crippen LogP contribution in [0.3, 0.4) is 0 Å². The minimum absolute atomic E-state index is 0.0220. The molecule has 1 aliphatic carbocycles. The number of nitrogens with zero attached hydrogens (tertiary/aromatic N) is 2. The van der Waals surface area contributed by atoms with Gasteiger partial charge >= 0.3 is 12.1 Å². The Kier molecular flexibility index (Phi) is 6.90. The third-order valence-electron chi connectivity index (χ3n) is 7.55. The zero-order chi connectivity index (χ0) is 29.0. The molecule has 9 nitrogen and oxygen atoms in total. The van der Waals surface area contributed by atoms with Gasteiger partial charge in [0.25, 0.3) is 0 Å². The Morgan fingerprint density at radius 2 is 1.82 bits per heavy atom. The van der Waals surface area contributed by atoms with E-state index in [1.165, 1.54) is 20.8 Å².